The third-order valence-corrected chi connectivity index (χ3v) is 4.51. The van der Waals surface area contributed by atoms with E-state index in [1.165, 1.54) is 24.9 Å². The number of hydrogen-bond acceptors (Lipinski definition) is 3. The summed E-state index contributed by atoms with van der Waals surface area (Å²) in [5.74, 6) is 0.526. The molecule has 6 heteroatoms. The number of hydrogen-bond donors (Lipinski definition) is 2. The van der Waals surface area contributed by atoms with E-state index in [1.807, 2.05) is 12.1 Å². The maximum absolute atomic E-state index is 6.15. The Kier molecular flexibility index (Phi) is 5.05. The molecule has 3 rings (SSSR count). The molecule has 22 heavy (non-hydrogen) atoms. The summed E-state index contributed by atoms with van der Waals surface area (Å²) in [6.45, 7) is 3.86. The molecular weight excluding hydrogens is 300 g/mol. The first kappa shape index (κ1) is 15.4. The van der Waals surface area contributed by atoms with Crippen LogP contribution in [0, 0.1) is 0 Å². The van der Waals surface area contributed by atoms with Crippen LogP contribution in [0.15, 0.2) is 23.2 Å². The van der Waals surface area contributed by atoms with Crippen LogP contribution >= 0.6 is 11.6 Å². The van der Waals surface area contributed by atoms with Gasteiger partial charge >= 0.3 is 0 Å². The number of guanidine groups is 1. The molecule has 0 unspecified atom stereocenters. The summed E-state index contributed by atoms with van der Waals surface area (Å²) in [7, 11) is 0. The lowest BCUT2D eigenvalue weighted by molar-refractivity contribution is 0.122. The van der Waals surface area contributed by atoms with Crippen molar-refractivity contribution in [2.24, 2.45) is 10.7 Å². The highest BCUT2D eigenvalue weighted by Gasteiger charge is 2.18. The summed E-state index contributed by atoms with van der Waals surface area (Å²) in [5.41, 5.74) is 8.25. The number of halogens is 1. The fraction of sp³-hybridized carbons (Fsp3) is 0.562. The Morgan fingerprint density at radius 3 is 2.82 bits per heavy atom. The van der Waals surface area contributed by atoms with E-state index in [-0.39, 0.29) is 0 Å². The monoisotopic (exact) mass is 322 g/mol. The second-order valence-corrected chi connectivity index (χ2v) is 6.28. The molecular formula is C16H23ClN4O. The minimum absolute atomic E-state index is 0.502. The van der Waals surface area contributed by atoms with Crippen molar-refractivity contribution in [3.05, 3.63) is 28.8 Å². The zero-order valence-corrected chi connectivity index (χ0v) is 13.5. The van der Waals surface area contributed by atoms with Crippen LogP contribution in [-0.4, -0.2) is 38.3 Å². The summed E-state index contributed by atoms with van der Waals surface area (Å²) in [4.78, 5) is 6.80. The van der Waals surface area contributed by atoms with Crippen molar-refractivity contribution >= 4 is 23.2 Å². The Balaban J connectivity index is 1.70. The number of rotatable bonds is 4. The number of nitrogens with zero attached hydrogens (tertiary/aromatic N) is 2. The van der Waals surface area contributed by atoms with Gasteiger partial charge in [0.05, 0.1) is 19.8 Å². The van der Waals surface area contributed by atoms with Crippen LogP contribution in [0.3, 0.4) is 0 Å². The van der Waals surface area contributed by atoms with Gasteiger partial charge in [-0.3, -0.25) is 0 Å². The van der Waals surface area contributed by atoms with Crippen LogP contribution in [0.2, 0.25) is 5.02 Å². The molecule has 1 aromatic rings. The zero-order chi connectivity index (χ0) is 15.4. The van der Waals surface area contributed by atoms with Crippen LogP contribution in [0.25, 0.3) is 0 Å². The van der Waals surface area contributed by atoms with Crippen molar-refractivity contribution in [3.63, 3.8) is 0 Å². The number of aliphatic imine (C=N–C) groups is 1. The van der Waals surface area contributed by atoms with Crippen molar-refractivity contribution in [1.29, 1.82) is 0 Å². The molecule has 3 N–H and O–H groups in total. The second-order valence-electron chi connectivity index (χ2n) is 5.85. The van der Waals surface area contributed by atoms with Gasteiger partial charge in [-0.25, -0.2) is 4.99 Å². The number of nitrogens with one attached hydrogen (secondary N) is 1. The Labute approximate surface area is 136 Å². The minimum Gasteiger partial charge on any atom is -0.378 e. The molecule has 1 saturated carbocycles. The van der Waals surface area contributed by atoms with Crippen LogP contribution in [0.4, 0.5) is 5.69 Å². The SMILES string of the molecule is NC(=NCc1cc(Cl)ccc1N1CCOCC1)NC1CCC1. The van der Waals surface area contributed by atoms with E-state index in [0.29, 0.717) is 18.5 Å². The Hall–Kier alpha value is -1.46. The summed E-state index contributed by atoms with van der Waals surface area (Å²) in [6.07, 6.45) is 3.65. The molecule has 0 radical (unpaired) electrons. The standard InChI is InChI=1S/C16H23ClN4O/c17-13-4-5-15(21-6-8-22-9-7-21)12(10-13)11-19-16(18)20-14-2-1-3-14/h4-5,10,14H,1-3,6-9,11H2,(H3,18,19,20). The topological polar surface area (TPSA) is 62.9 Å². The van der Waals surface area contributed by atoms with E-state index >= 15 is 0 Å². The molecule has 2 fully saturated rings. The van der Waals surface area contributed by atoms with Gasteiger partial charge in [0, 0.05) is 29.8 Å². The lowest BCUT2D eigenvalue weighted by Gasteiger charge is -2.30. The molecule has 1 saturated heterocycles. The van der Waals surface area contributed by atoms with Gasteiger partial charge in [-0.15, -0.1) is 0 Å². The highest BCUT2D eigenvalue weighted by molar-refractivity contribution is 6.30. The number of anilines is 1. The molecule has 0 aromatic heterocycles. The van der Waals surface area contributed by atoms with Crippen molar-refractivity contribution in [3.8, 4) is 0 Å². The van der Waals surface area contributed by atoms with Crippen LogP contribution < -0.4 is 16.0 Å². The smallest absolute Gasteiger partial charge is 0.189 e. The van der Waals surface area contributed by atoms with Gasteiger partial charge in [0.25, 0.3) is 0 Å². The predicted molar refractivity (Wildman–Crippen MR) is 90.6 cm³/mol. The summed E-state index contributed by atoms with van der Waals surface area (Å²) >= 11 is 6.15. The first-order valence-corrected chi connectivity index (χ1v) is 8.28. The first-order valence-electron chi connectivity index (χ1n) is 7.90. The van der Waals surface area contributed by atoms with Gasteiger partial charge in [0.1, 0.15) is 0 Å². The number of benzene rings is 1. The molecule has 0 atom stereocenters. The molecule has 5 nitrogen and oxygen atoms in total. The van der Waals surface area contributed by atoms with Gasteiger partial charge in [0.15, 0.2) is 5.96 Å². The third kappa shape index (κ3) is 3.84. The van der Waals surface area contributed by atoms with E-state index < -0.39 is 0 Å². The van der Waals surface area contributed by atoms with Gasteiger partial charge in [-0.2, -0.15) is 0 Å². The van der Waals surface area contributed by atoms with Crippen LogP contribution in [0.5, 0.6) is 0 Å². The maximum Gasteiger partial charge on any atom is 0.189 e. The van der Waals surface area contributed by atoms with Gasteiger partial charge in [-0.1, -0.05) is 11.6 Å². The molecule has 0 spiro atoms. The molecule has 120 valence electrons. The van der Waals surface area contributed by atoms with E-state index in [4.69, 9.17) is 22.1 Å². The van der Waals surface area contributed by atoms with Crippen LogP contribution in [0.1, 0.15) is 24.8 Å². The molecule has 1 aromatic carbocycles. The van der Waals surface area contributed by atoms with Crippen molar-refractivity contribution in [2.75, 3.05) is 31.2 Å². The molecule has 1 aliphatic heterocycles. The fourth-order valence-electron chi connectivity index (χ4n) is 2.77. The van der Waals surface area contributed by atoms with E-state index in [0.717, 1.165) is 36.9 Å². The number of morpholine rings is 1. The minimum atomic E-state index is 0.502. The first-order chi connectivity index (χ1) is 10.7. The molecule has 2 aliphatic rings. The summed E-state index contributed by atoms with van der Waals surface area (Å²) in [6, 6.07) is 6.47. The average Bonchev–Trinajstić information content (AvgIpc) is 2.50. The summed E-state index contributed by atoms with van der Waals surface area (Å²) in [5, 5.41) is 3.99. The average molecular weight is 323 g/mol. The second kappa shape index (κ2) is 7.20. The summed E-state index contributed by atoms with van der Waals surface area (Å²) < 4.78 is 5.42. The fourth-order valence-corrected chi connectivity index (χ4v) is 2.97. The normalized spacial score (nSPS) is 19.9. The van der Waals surface area contributed by atoms with E-state index in [9.17, 15) is 0 Å². The lowest BCUT2D eigenvalue weighted by atomic mass is 9.93. The third-order valence-electron chi connectivity index (χ3n) is 4.27. The molecule has 1 heterocycles. The Bertz CT molecular complexity index is 539. The van der Waals surface area contributed by atoms with Gasteiger partial charge < -0.3 is 20.7 Å². The van der Waals surface area contributed by atoms with E-state index in [1.54, 1.807) is 0 Å². The van der Waals surface area contributed by atoms with Crippen LogP contribution in [-0.2, 0) is 11.3 Å². The predicted octanol–water partition coefficient (Wildman–Crippen LogP) is 2.13. The number of ether oxygens (including phenoxy) is 1. The highest BCUT2D eigenvalue weighted by atomic mass is 35.5. The molecule has 1 aliphatic carbocycles. The quantitative estimate of drug-likeness (QED) is 0.658. The van der Waals surface area contributed by atoms with E-state index in [2.05, 4.69) is 21.3 Å². The Morgan fingerprint density at radius 1 is 1.36 bits per heavy atom. The largest absolute Gasteiger partial charge is 0.378 e. The van der Waals surface area contributed by atoms with Crippen molar-refractivity contribution in [2.45, 2.75) is 31.8 Å². The zero-order valence-electron chi connectivity index (χ0n) is 12.7. The van der Waals surface area contributed by atoms with Gasteiger partial charge in [0.2, 0.25) is 0 Å². The molecule has 0 amide bonds. The number of nitrogens with two attached hydrogens (primary N) is 1. The maximum atomic E-state index is 6.15. The molecule has 0 bridgehead atoms. The van der Waals surface area contributed by atoms with Crippen molar-refractivity contribution < 1.29 is 4.74 Å². The highest BCUT2D eigenvalue weighted by Crippen LogP contribution is 2.26. The van der Waals surface area contributed by atoms with Gasteiger partial charge in [-0.05, 0) is 43.0 Å². The lowest BCUT2D eigenvalue weighted by Crippen LogP contribution is -2.43. The van der Waals surface area contributed by atoms with Crippen molar-refractivity contribution in [1.82, 2.24) is 5.32 Å². The Morgan fingerprint density at radius 2 is 2.14 bits per heavy atom.